The summed E-state index contributed by atoms with van der Waals surface area (Å²) in [6, 6.07) is 1.96. The maximum atomic E-state index is 5.46. The predicted octanol–water partition coefficient (Wildman–Crippen LogP) is 2.48. The van der Waals surface area contributed by atoms with Crippen LogP contribution in [0.5, 0.6) is 0 Å². The van der Waals surface area contributed by atoms with Crippen LogP contribution in [0.25, 0.3) is 0 Å². The minimum absolute atomic E-state index is 0.613. The van der Waals surface area contributed by atoms with Crippen molar-refractivity contribution < 1.29 is 9.15 Å². The third kappa shape index (κ3) is 4.32. The monoisotopic (exact) mass is 209 g/mol. The molecule has 0 amide bonds. The topological polar surface area (TPSA) is 34.4 Å². The predicted molar refractivity (Wildman–Crippen MR) is 60.6 cm³/mol. The zero-order valence-corrected chi connectivity index (χ0v) is 9.45. The minimum Gasteiger partial charge on any atom is -0.468 e. The molecule has 0 aliphatic carbocycles. The highest BCUT2D eigenvalue weighted by atomic mass is 16.5. The molecule has 0 spiro atoms. The normalized spacial score (nSPS) is 11.3. The Labute approximate surface area is 91.1 Å². The lowest BCUT2D eigenvalue weighted by molar-refractivity contribution is 0.147. The van der Waals surface area contributed by atoms with E-state index in [2.05, 4.69) is 12.2 Å². The maximum absolute atomic E-state index is 5.46. The third-order valence-electron chi connectivity index (χ3n) is 2.08. The van der Waals surface area contributed by atoms with Crippen molar-refractivity contribution in [2.75, 3.05) is 13.2 Å². The number of hydrogen-bond acceptors (Lipinski definition) is 3. The van der Waals surface area contributed by atoms with Crippen molar-refractivity contribution in [2.45, 2.75) is 27.0 Å². The van der Waals surface area contributed by atoms with Gasteiger partial charge in [0.05, 0.1) is 26.0 Å². The Morgan fingerprint density at radius 1 is 1.53 bits per heavy atom. The fraction of sp³-hybridized carbons (Fsp3) is 0.500. The van der Waals surface area contributed by atoms with E-state index in [9.17, 15) is 0 Å². The molecular weight excluding hydrogens is 190 g/mol. The summed E-state index contributed by atoms with van der Waals surface area (Å²) in [5, 5.41) is 3.23. The van der Waals surface area contributed by atoms with Gasteiger partial charge in [-0.2, -0.15) is 0 Å². The summed E-state index contributed by atoms with van der Waals surface area (Å²) in [5.74, 6) is 0.970. The molecule has 0 bridgehead atoms. The molecule has 0 aliphatic rings. The van der Waals surface area contributed by atoms with Crippen molar-refractivity contribution >= 4 is 0 Å². The first-order valence-electron chi connectivity index (χ1n) is 5.33. The minimum atomic E-state index is 0.613. The SMILES string of the molecule is CC=CCOCc1ccoc1CNCC. The van der Waals surface area contributed by atoms with Crippen LogP contribution in [0.1, 0.15) is 25.2 Å². The number of rotatable bonds is 7. The van der Waals surface area contributed by atoms with E-state index in [1.807, 2.05) is 25.1 Å². The molecule has 84 valence electrons. The van der Waals surface area contributed by atoms with Crippen LogP contribution in [0.3, 0.4) is 0 Å². The van der Waals surface area contributed by atoms with Gasteiger partial charge in [-0.25, -0.2) is 0 Å². The molecule has 3 heteroatoms. The fourth-order valence-electron chi connectivity index (χ4n) is 1.22. The Kier molecular flexibility index (Phi) is 5.81. The van der Waals surface area contributed by atoms with Gasteiger partial charge < -0.3 is 14.5 Å². The molecule has 1 aromatic heterocycles. The van der Waals surface area contributed by atoms with Crippen LogP contribution in [-0.4, -0.2) is 13.2 Å². The first-order valence-corrected chi connectivity index (χ1v) is 5.33. The first kappa shape index (κ1) is 12.0. The highest BCUT2D eigenvalue weighted by molar-refractivity contribution is 5.15. The van der Waals surface area contributed by atoms with E-state index >= 15 is 0 Å². The van der Waals surface area contributed by atoms with Gasteiger partial charge >= 0.3 is 0 Å². The fourth-order valence-corrected chi connectivity index (χ4v) is 1.22. The summed E-state index contributed by atoms with van der Waals surface area (Å²) in [4.78, 5) is 0. The van der Waals surface area contributed by atoms with Crippen molar-refractivity contribution in [2.24, 2.45) is 0 Å². The molecule has 3 nitrogen and oxygen atoms in total. The standard InChI is InChI=1S/C12H19NO2/c1-3-5-7-14-10-11-6-8-15-12(11)9-13-4-2/h3,5-6,8,13H,4,7,9-10H2,1-2H3. The lowest BCUT2D eigenvalue weighted by Gasteiger charge is -2.03. The Balaban J connectivity index is 2.35. The molecule has 0 radical (unpaired) electrons. The molecule has 0 fully saturated rings. The van der Waals surface area contributed by atoms with E-state index in [-0.39, 0.29) is 0 Å². The summed E-state index contributed by atoms with van der Waals surface area (Å²) >= 11 is 0. The molecule has 1 rings (SSSR count). The number of ether oxygens (including phenoxy) is 1. The van der Waals surface area contributed by atoms with Gasteiger partial charge in [0.25, 0.3) is 0 Å². The molecule has 0 aromatic carbocycles. The van der Waals surface area contributed by atoms with E-state index in [1.54, 1.807) is 6.26 Å². The van der Waals surface area contributed by atoms with Gasteiger partial charge in [0.2, 0.25) is 0 Å². The Hall–Kier alpha value is -1.06. The van der Waals surface area contributed by atoms with Gasteiger partial charge in [0.15, 0.2) is 0 Å². The van der Waals surface area contributed by atoms with Crippen LogP contribution in [0.2, 0.25) is 0 Å². The molecule has 15 heavy (non-hydrogen) atoms. The average Bonchev–Trinajstić information content (AvgIpc) is 2.69. The van der Waals surface area contributed by atoms with E-state index in [4.69, 9.17) is 9.15 Å². The molecule has 1 N–H and O–H groups in total. The second-order valence-corrected chi connectivity index (χ2v) is 3.23. The maximum Gasteiger partial charge on any atom is 0.123 e. The second kappa shape index (κ2) is 7.26. The van der Waals surface area contributed by atoms with Crippen molar-refractivity contribution in [3.63, 3.8) is 0 Å². The molecular formula is C12H19NO2. The summed E-state index contributed by atoms with van der Waals surface area (Å²) in [5.41, 5.74) is 1.13. The van der Waals surface area contributed by atoms with Crippen molar-refractivity contribution in [3.8, 4) is 0 Å². The Morgan fingerprint density at radius 3 is 3.13 bits per heavy atom. The van der Waals surface area contributed by atoms with E-state index in [0.29, 0.717) is 13.2 Å². The van der Waals surface area contributed by atoms with Crippen LogP contribution in [0.4, 0.5) is 0 Å². The van der Waals surface area contributed by atoms with Gasteiger partial charge in [-0.15, -0.1) is 0 Å². The van der Waals surface area contributed by atoms with Crippen LogP contribution < -0.4 is 5.32 Å². The zero-order valence-electron chi connectivity index (χ0n) is 9.45. The molecule has 0 aliphatic heterocycles. The molecule has 0 saturated heterocycles. The first-order chi connectivity index (χ1) is 7.38. The smallest absolute Gasteiger partial charge is 0.123 e. The van der Waals surface area contributed by atoms with Crippen molar-refractivity contribution in [1.29, 1.82) is 0 Å². The molecule has 0 unspecified atom stereocenters. The highest BCUT2D eigenvalue weighted by Gasteiger charge is 2.04. The van der Waals surface area contributed by atoms with Crippen molar-refractivity contribution in [1.82, 2.24) is 5.32 Å². The molecule has 0 saturated carbocycles. The number of furan rings is 1. The quantitative estimate of drug-likeness (QED) is 0.553. The molecule has 0 atom stereocenters. The molecule has 1 heterocycles. The van der Waals surface area contributed by atoms with Gasteiger partial charge in [-0.3, -0.25) is 0 Å². The number of nitrogens with one attached hydrogen (secondary N) is 1. The van der Waals surface area contributed by atoms with E-state index in [1.165, 1.54) is 0 Å². The summed E-state index contributed by atoms with van der Waals surface area (Å²) in [6.45, 7) is 7.04. The van der Waals surface area contributed by atoms with Crippen LogP contribution in [0.15, 0.2) is 28.9 Å². The summed E-state index contributed by atoms with van der Waals surface area (Å²) < 4.78 is 10.8. The summed E-state index contributed by atoms with van der Waals surface area (Å²) in [7, 11) is 0. The lowest BCUT2D eigenvalue weighted by atomic mass is 10.2. The number of allylic oxidation sites excluding steroid dienone is 1. The molecule has 1 aromatic rings. The van der Waals surface area contributed by atoms with Crippen LogP contribution >= 0.6 is 0 Å². The van der Waals surface area contributed by atoms with Crippen molar-refractivity contribution in [3.05, 3.63) is 35.8 Å². The third-order valence-corrected chi connectivity index (χ3v) is 2.08. The van der Waals surface area contributed by atoms with Gasteiger partial charge in [0.1, 0.15) is 5.76 Å². The zero-order chi connectivity index (χ0) is 10.9. The second-order valence-electron chi connectivity index (χ2n) is 3.23. The van der Waals surface area contributed by atoms with E-state index in [0.717, 1.165) is 24.4 Å². The van der Waals surface area contributed by atoms with E-state index < -0.39 is 0 Å². The Morgan fingerprint density at radius 2 is 2.40 bits per heavy atom. The lowest BCUT2D eigenvalue weighted by Crippen LogP contribution is -2.12. The number of hydrogen-bond donors (Lipinski definition) is 1. The van der Waals surface area contributed by atoms with Crippen LogP contribution in [0, 0.1) is 0 Å². The van der Waals surface area contributed by atoms with Gasteiger partial charge in [-0.05, 0) is 19.5 Å². The highest BCUT2D eigenvalue weighted by Crippen LogP contribution is 2.11. The van der Waals surface area contributed by atoms with Gasteiger partial charge in [-0.1, -0.05) is 19.1 Å². The summed E-state index contributed by atoms with van der Waals surface area (Å²) in [6.07, 6.45) is 5.68. The average molecular weight is 209 g/mol. The Bertz CT molecular complexity index is 292. The largest absolute Gasteiger partial charge is 0.468 e. The van der Waals surface area contributed by atoms with Gasteiger partial charge in [0, 0.05) is 5.56 Å². The van der Waals surface area contributed by atoms with Crippen LogP contribution in [-0.2, 0) is 17.9 Å².